The molecule has 0 aromatic rings. The molecule has 2 rings (SSSR count). The zero-order valence-electron chi connectivity index (χ0n) is 12.3. The van der Waals surface area contributed by atoms with Crippen molar-refractivity contribution in [2.45, 2.75) is 64.1 Å². The van der Waals surface area contributed by atoms with Crippen LogP contribution in [0, 0.1) is 5.92 Å². The molecule has 1 heterocycles. The van der Waals surface area contributed by atoms with Gasteiger partial charge in [-0.05, 0) is 38.6 Å². The minimum Gasteiger partial charge on any atom is -0.391 e. The summed E-state index contributed by atoms with van der Waals surface area (Å²) in [6, 6.07) is 1.10. The summed E-state index contributed by atoms with van der Waals surface area (Å²) in [6.07, 6.45) is 5.83. The second-order valence-electron chi connectivity index (χ2n) is 6.26. The van der Waals surface area contributed by atoms with Crippen molar-refractivity contribution in [1.82, 2.24) is 9.80 Å². The first-order valence-electron chi connectivity index (χ1n) is 7.78. The zero-order chi connectivity index (χ0) is 13.1. The van der Waals surface area contributed by atoms with Crippen LogP contribution in [-0.4, -0.2) is 59.8 Å². The molecule has 1 saturated carbocycles. The van der Waals surface area contributed by atoms with Crippen LogP contribution in [0.5, 0.6) is 0 Å². The molecular formula is C15H30N2O. The molecule has 0 radical (unpaired) electrons. The molecule has 2 aliphatic rings. The van der Waals surface area contributed by atoms with Crippen LogP contribution in [-0.2, 0) is 0 Å². The van der Waals surface area contributed by atoms with Gasteiger partial charge in [0, 0.05) is 31.7 Å². The second-order valence-corrected chi connectivity index (χ2v) is 6.26. The average molecular weight is 254 g/mol. The van der Waals surface area contributed by atoms with E-state index in [1.165, 1.54) is 25.7 Å². The van der Waals surface area contributed by atoms with Gasteiger partial charge in [-0.3, -0.25) is 4.90 Å². The SMILES string of the molecule is CCC1CCC(O)C(N2CCN(C)C(CC)C2)C1. The van der Waals surface area contributed by atoms with Gasteiger partial charge in [-0.25, -0.2) is 0 Å². The third-order valence-corrected chi connectivity index (χ3v) is 5.22. The lowest BCUT2D eigenvalue weighted by Gasteiger charge is -2.46. The van der Waals surface area contributed by atoms with E-state index in [4.69, 9.17) is 0 Å². The monoisotopic (exact) mass is 254 g/mol. The van der Waals surface area contributed by atoms with Crippen LogP contribution in [0.1, 0.15) is 46.0 Å². The Hall–Kier alpha value is -0.120. The van der Waals surface area contributed by atoms with Crippen molar-refractivity contribution >= 4 is 0 Å². The van der Waals surface area contributed by atoms with Crippen molar-refractivity contribution in [2.24, 2.45) is 5.92 Å². The fraction of sp³-hybridized carbons (Fsp3) is 1.00. The second kappa shape index (κ2) is 6.36. The molecule has 3 heteroatoms. The molecule has 0 amide bonds. The Kier molecular flexibility index (Phi) is 5.05. The van der Waals surface area contributed by atoms with Crippen LogP contribution >= 0.6 is 0 Å². The third-order valence-electron chi connectivity index (χ3n) is 5.22. The van der Waals surface area contributed by atoms with Crippen LogP contribution in [0.25, 0.3) is 0 Å². The van der Waals surface area contributed by atoms with E-state index in [1.807, 2.05) is 0 Å². The van der Waals surface area contributed by atoms with Crippen LogP contribution in [0.3, 0.4) is 0 Å². The largest absolute Gasteiger partial charge is 0.391 e. The molecule has 1 aliphatic heterocycles. The van der Waals surface area contributed by atoms with Gasteiger partial charge in [-0.2, -0.15) is 0 Å². The number of rotatable bonds is 3. The van der Waals surface area contributed by atoms with E-state index in [0.29, 0.717) is 12.1 Å². The molecule has 18 heavy (non-hydrogen) atoms. The maximum atomic E-state index is 10.3. The molecule has 2 fully saturated rings. The maximum Gasteiger partial charge on any atom is 0.0695 e. The normalized spacial score (nSPS) is 40.0. The van der Waals surface area contributed by atoms with Gasteiger partial charge in [0.25, 0.3) is 0 Å². The molecule has 0 bridgehead atoms. The molecule has 3 nitrogen and oxygen atoms in total. The number of aliphatic hydroxyl groups is 1. The fourth-order valence-corrected chi connectivity index (χ4v) is 3.69. The highest BCUT2D eigenvalue weighted by Crippen LogP contribution is 2.31. The van der Waals surface area contributed by atoms with Crippen molar-refractivity contribution in [2.75, 3.05) is 26.7 Å². The molecule has 0 aromatic carbocycles. The van der Waals surface area contributed by atoms with Crippen molar-refractivity contribution < 1.29 is 5.11 Å². The third kappa shape index (κ3) is 3.06. The molecule has 0 spiro atoms. The quantitative estimate of drug-likeness (QED) is 0.834. The van der Waals surface area contributed by atoms with Crippen molar-refractivity contribution in [3.8, 4) is 0 Å². The number of hydrogen-bond acceptors (Lipinski definition) is 3. The van der Waals surface area contributed by atoms with Crippen LogP contribution in [0.2, 0.25) is 0 Å². The number of hydrogen-bond donors (Lipinski definition) is 1. The smallest absolute Gasteiger partial charge is 0.0695 e. The highest BCUT2D eigenvalue weighted by molar-refractivity contribution is 4.90. The van der Waals surface area contributed by atoms with Gasteiger partial charge in [0.2, 0.25) is 0 Å². The van der Waals surface area contributed by atoms with Crippen molar-refractivity contribution in [3.63, 3.8) is 0 Å². The molecule has 4 atom stereocenters. The highest BCUT2D eigenvalue weighted by Gasteiger charge is 2.35. The number of likely N-dealkylation sites (N-methyl/N-ethyl adjacent to an activating group) is 1. The van der Waals surface area contributed by atoms with Gasteiger partial charge in [-0.1, -0.05) is 20.3 Å². The lowest BCUT2D eigenvalue weighted by atomic mass is 9.81. The van der Waals surface area contributed by atoms with E-state index in [-0.39, 0.29) is 6.10 Å². The predicted molar refractivity (Wildman–Crippen MR) is 75.7 cm³/mol. The van der Waals surface area contributed by atoms with E-state index in [0.717, 1.165) is 32.0 Å². The summed E-state index contributed by atoms with van der Waals surface area (Å²) in [5.41, 5.74) is 0. The van der Waals surface area contributed by atoms with Gasteiger partial charge in [0.05, 0.1) is 6.10 Å². The summed E-state index contributed by atoms with van der Waals surface area (Å²) in [6.45, 7) is 7.99. The van der Waals surface area contributed by atoms with Crippen molar-refractivity contribution in [1.29, 1.82) is 0 Å². The molecule has 0 aromatic heterocycles. The van der Waals surface area contributed by atoms with E-state index in [1.54, 1.807) is 0 Å². The molecular weight excluding hydrogens is 224 g/mol. The highest BCUT2D eigenvalue weighted by atomic mass is 16.3. The van der Waals surface area contributed by atoms with E-state index in [2.05, 4.69) is 30.7 Å². The Morgan fingerprint density at radius 1 is 1.11 bits per heavy atom. The number of nitrogens with zero attached hydrogens (tertiary/aromatic N) is 2. The number of aliphatic hydroxyl groups excluding tert-OH is 1. The van der Waals surface area contributed by atoms with Crippen molar-refractivity contribution in [3.05, 3.63) is 0 Å². The Bertz CT molecular complexity index is 259. The molecule has 1 N–H and O–H groups in total. The standard InChI is InChI=1S/C15H30N2O/c1-4-12-6-7-15(18)14(10-12)17-9-8-16(3)13(5-2)11-17/h12-15,18H,4-11H2,1-3H3. The lowest BCUT2D eigenvalue weighted by molar-refractivity contribution is -0.0290. The van der Waals surface area contributed by atoms with E-state index >= 15 is 0 Å². The fourth-order valence-electron chi connectivity index (χ4n) is 3.69. The zero-order valence-corrected chi connectivity index (χ0v) is 12.3. The average Bonchev–Trinajstić information content (AvgIpc) is 2.40. The lowest BCUT2D eigenvalue weighted by Crippen LogP contribution is -2.58. The Morgan fingerprint density at radius 2 is 1.89 bits per heavy atom. The molecule has 106 valence electrons. The van der Waals surface area contributed by atoms with Crippen LogP contribution < -0.4 is 0 Å². The summed E-state index contributed by atoms with van der Waals surface area (Å²) in [4.78, 5) is 5.05. The summed E-state index contributed by atoms with van der Waals surface area (Å²) in [7, 11) is 2.23. The first-order chi connectivity index (χ1) is 8.65. The van der Waals surface area contributed by atoms with Gasteiger partial charge < -0.3 is 10.0 Å². The van der Waals surface area contributed by atoms with Gasteiger partial charge >= 0.3 is 0 Å². The van der Waals surface area contributed by atoms with Gasteiger partial charge in [-0.15, -0.1) is 0 Å². The van der Waals surface area contributed by atoms with E-state index < -0.39 is 0 Å². The molecule has 1 saturated heterocycles. The van der Waals surface area contributed by atoms with E-state index in [9.17, 15) is 5.11 Å². The summed E-state index contributed by atoms with van der Waals surface area (Å²) in [5.74, 6) is 0.832. The maximum absolute atomic E-state index is 10.3. The summed E-state index contributed by atoms with van der Waals surface area (Å²) < 4.78 is 0. The Balaban J connectivity index is 1.96. The Morgan fingerprint density at radius 3 is 2.56 bits per heavy atom. The number of piperazine rings is 1. The first-order valence-corrected chi connectivity index (χ1v) is 7.78. The molecule has 4 unspecified atom stereocenters. The summed E-state index contributed by atoms with van der Waals surface area (Å²) in [5, 5.41) is 10.3. The molecule has 1 aliphatic carbocycles. The Labute approximate surface area is 112 Å². The predicted octanol–water partition coefficient (Wildman–Crippen LogP) is 1.95. The van der Waals surface area contributed by atoms with Crippen LogP contribution in [0.15, 0.2) is 0 Å². The summed E-state index contributed by atoms with van der Waals surface area (Å²) >= 11 is 0. The first kappa shape index (κ1) is 14.3. The minimum absolute atomic E-state index is 0.0892. The van der Waals surface area contributed by atoms with Gasteiger partial charge in [0.1, 0.15) is 0 Å². The topological polar surface area (TPSA) is 26.7 Å². The van der Waals surface area contributed by atoms with Crippen LogP contribution in [0.4, 0.5) is 0 Å². The minimum atomic E-state index is -0.0892. The van der Waals surface area contributed by atoms with Gasteiger partial charge in [0.15, 0.2) is 0 Å².